The van der Waals surface area contributed by atoms with Crippen molar-refractivity contribution in [1.82, 2.24) is 10.6 Å². The molecule has 4 nitrogen and oxygen atoms in total. The van der Waals surface area contributed by atoms with Crippen LogP contribution in [0, 0.1) is 11.8 Å². The normalized spacial score (nSPS) is 14.0. The molecule has 0 aliphatic rings. The van der Waals surface area contributed by atoms with Gasteiger partial charge in [-0.1, -0.05) is 35.4 Å². The molecule has 2 unspecified atom stereocenters. The molecule has 0 fully saturated rings. The van der Waals surface area contributed by atoms with E-state index in [2.05, 4.69) is 10.6 Å². The fraction of sp³-hybridized carbons (Fsp3) is 0.800. The highest BCUT2D eigenvalue weighted by atomic mass is 33.1. The number of rotatable bonds is 7. The van der Waals surface area contributed by atoms with Crippen molar-refractivity contribution in [2.24, 2.45) is 11.8 Å². The molecule has 0 saturated heterocycles. The van der Waals surface area contributed by atoms with Crippen LogP contribution in [-0.4, -0.2) is 37.4 Å². The summed E-state index contributed by atoms with van der Waals surface area (Å²) >= 11 is 0. The highest BCUT2D eigenvalue weighted by Gasteiger charge is 2.13. The highest BCUT2D eigenvalue weighted by molar-refractivity contribution is 8.76. The van der Waals surface area contributed by atoms with E-state index in [0.717, 1.165) is 11.5 Å². The van der Waals surface area contributed by atoms with Gasteiger partial charge >= 0.3 is 0 Å². The molecular formula is C10H20N2O2S2. The molecule has 0 heterocycles. The quantitative estimate of drug-likeness (QED) is 0.535. The van der Waals surface area contributed by atoms with E-state index < -0.39 is 0 Å². The Morgan fingerprint density at radius 3 is 1.50 bits per heavy atom. The zero-order valence-corrected chi connectivity index (χ0v) is 11.8. The molecule has 0 aliphatic heterocycles. The second-order valence-corrected chi connectivity index (χ2v) is 6.15. The van der Waals surface area contributed by atoms with Gasteiger partial charge in [0, 0.05) is 37.4 Å². The Morgan fingerprint density at radius 1 is 0.938 bits per heavy atom. The van der Waals surface area contributed by atoms with Crippen LogP contribution >= 0.6 is 21.6 Å². The number of hydrogen-bond acceptors (Lipinski definition) is 4. The van der Waals surface area contributed by atoms with Crippen molar-refractivity contribution in [2.45, 2.75) is 13.8 Å². The summed E-state index contributed by atoms with van der Waals surface area (Å²) in [6, 6.07) is 0. The summed E-state index contributed by atoms with van der Waals surface area (Å²) in [4.78, 5) is 22.4. The molecule has 0 saturated carbocycles. The summed E-state index contributed by atoms with van der Waals surface area (Å²) < 4.78 is 0. The van der Waals surface area contributed by atoms with Crippen LogP contribution in [-0.2, 0) is 9.59 Å². The maximum atomic E-state index is 11.2. The Morgan fingerprint density at radius 2 is 1.25 bits per heavy atom. The van der Waals surface area contributed by atoms with E-state index in [1.807, 2.05) is 13.8 Å². The monoisotopic (exact) mass is 264 g/mol. The SMILES string of the molecule is CNC(=O)C(C)CSSCC(C)C(=O)NC. The first-order chi connectivity index (χ1) is 7.52. The molecule has 6 heteroatoms. The predicted octanol–water partition coefficient (Wildman–Crippen LogP) is 1.13. The van der Waals surface area contributed by atoms with Crippen molar-refractivity contribution in [2.75, 3.05) is 25.6 Å². The van der Waals surface area contributed by atoms with Crippen molar-refractivity contribution in [3.63, 3.8) is 0 Å². The van der Waals surface area contributed by atoms with Gasteiger partial charge in [-0.3, -0.25) is 9.59 Å². The summed E-state index contributed by atoms with van der Waals surface area (Å²) in [6.45, 7) is 3.79. The average molecular weight is 264 g/mol. The minimum atomic E-state index is 0.0119. The number of hydrogen-bond donors (Lipinski definition) is 2. The molecule has 2 N–H and O–H groups in total. The van der Waals surface area contributed by atoms with Crippen LogP contribution in [0.2, 0.25) is 0 Å². The van der Waals surface area contributed by atoms with Crippen LogP contribution in [0.4, 0.5) is 0 Å². The minimum absolute atomic E-state index is 0.0119. The molecule has 0 aromatic carbocycles. The smallest absolute Gasteiger partial charge is 0.223 e. The zero-order chi connectivity index (χ0) is 12.6. The maximum Gasteiger partial charge on any atom is 0.223 e. The Hall–Kier alpha value is -0.360. The topological polar surface area (TPSA) is 58.2 Å². The second kappa shape index (κ2) is 8.75. The molecule has 0 radical (unpaired) electrons. The lowest BCUT2D eigenvalue weighted by Crippen LogP contribution is -2.27. The third kappa shape index (κ3) is 6.27. The van der Waals surface area contributed by atoms with Gasteiger partial charge < -0.3 is 10.6 Å². The van der Waals surface area contributed by atoms with E-state index >= 15 is 0 Å². The molecular weight excluding hydrogens is 244 g/mol. The Balaban J connectivity index is 3.60. The minimum Gasteiger partial charge on any atom is -0.359 e. The molecule has 94 valence electrons. The van der Waals surface area contributed by atoms with Crippen LogP contribution in [0.25, 0.3) is 0 Å². The first-order valence-electron chi connectivity index (χ1n) is 5.20. The summed E-state index contributed by atoms with van der Waals surface area (Å²) in [6.07, 6.45) is 0. The van der Waals surface area contributed by atoms with Gasteiger partial charge in [0.1, 0.15) is 0 Å². The molecule has 0 spiro atoms. The summed E-state index contributed by atoms with van der Waals surface area (Å²) in [5.41, 5.74) is 0. The first kappa shape index (κ1) is 15.6. The number of carbonyl (C=O) groups is 2. The zero-order valence-electron chi connectivity index (χ0n) is 10.2. The van der Waals surface area contributed by atoms with Crippen LogP contribution in [0.15, 0.2) is 0 Å². The van der Waals surface area contributed by atoms with Crippen molar-refractivity contribution < 1.29 is 9.59 Å². The lowest BCUT2D eigenvalue weighted by Gasteiger charge is -2.11. The van der Waals surface area contributed by atoms with Crippen molar-refractivity contribution in [1.29, 1.82) is 0 Å². The molecule has 2 atom stereocenters. The molecule has 0 aromatic heterocycles. The van der Waals surface area contributed by atoms with E-state index in [-0.39, 0.29) is 23.7 Å². The van der Waals surface area contributed by atoms with Gasteiger partial charge in [0.05, 0.1) is 0 Å². The van der Waals surface area contributed by atoms with E-state index in [1.165, 1.54) is 0 Å². The second-order valence-electron chi connectivity index (χ2n) is 3.60. The number of carbonyl (C=O) groups excluding carboxylic acids is 2. The van der Waals surface area contributed by atoms with Crippen molar-refractivity contribution >= 4 is 33.4 Å². The molecule has 0 bridgehead atoms. The van der Waals surface area contributed by atoms with Crippen molar-refractivity contribution in [3.05, 3.63) is 0 Å². The summed E-state index contributed by atoms with van der Waals surface area (Å²) in [7, 11) is 6.56. The van der Waals surface area contributed by atoms with Crippen LogP contribution in [0.1, 0.15) is 13.8 Å². The van der Waals surface area contributed by atoms with Crippen molar-refractivity contribution in [3.8, 4) is 0 Å². The van der Waals surface area contributed by atoms with Gasteiger partial charge in [-0.15, -0.1) is 0 Å². The predicted molar refractivity (Wildman–Crippen MR) is 71.4 cm³/mol. The number of nitrogens with one attached hydrogen (secondary N) is 2. The van der Waals surface area contributed by atoms with Gasteiger partial charge in [-0.05, 0) is 0 Å². The maximum absolute atomic E-state index is 11.2. The van der Waals surface area contributed by atoms with Crippen LogP contribution in [0.3, 0.4) is 0 Å². The van der Waals surface area contributed by atoms with Gasteiger partial charge in [0.15, 0.2) is 0 Å². The summed E-state index contributed by atoms with van der Waals surface area (Å²) in [5, 5.41) is 5.23. The van der Waals surface area contributed by atoms with Gasteiger partial charge in [0.2, 0.25) is 11.8 Å². The fourth-order valence-electron chi connectivity index (χ4n) is 0.945. The molecule has 0 aromatic rings. The largest absolute Gasteiger partial charge is 0.359 e. The summed E-state index contributed by atoms with van der Waals surface area (Å²) in [5.74, 6) is 1.69. The Bertz CT molecular complexity index is 213. The first-order valence-corrected chi connectivity index (χ1v) is 7.69. The molecule has 0 rings (SSSR count). The fourth-order valence-corrected chi connectivity index (χ4v) is 3.65. The lowest BCUT2D eigenvalue weighted by atomic mass is 10.2. The van der Waals surface area contributed by atoms with E-state index in [4.69, 9.17) is 0 Å². The Labute approximate surface area is 105 Å². The highest BCUT2D eigenvalue weighted by Crippen LogP contribution is 2.26. The third-order valence-corrected chi connectivity index (χ3v) is 4.86. The van der Waals surface area contributed by atoms with Crippen LogP contribution < -0.4 is 10.6 Å². The number of amides is 2. The van der Waals surface area contributed by atoms with Crippen LogP contribution in [0.5, 0.6) is 0 Å². The van der Waals surface area contributed by atoms with Gasteiger partial charge in [0.25, 0.3) is 0 Å². The van der Waals surface area contributed by atoms with Gasteiger partial charge in [-0.25, -0.2) is 0 Å². The third-order valence-electron chi connectivity index (χ3n) is 2.11. The molecule has 16 heavy (non-hydrogen) atoms. The standard InChI is InChI=1S/C10H20N2O2S2/c1-7(9(13)11-3)5-15-16-6-8(2)10(14)12-4/h7-8H,5-6H2,1-4H3,(H,11,13)(H,12,14). The van der Waals surface area contributed by atoms with E-state index in [0.29, 0.717) is 0 Å². The Kier molecular flexibility index (Phi) is 8.56. The van der Waals surface area contributed by atoms with Gasteiger partial charge in [-0.2, -0.15) is 0 Å². The molecule has 2 amide bonds. The molecule has 0 aliphatic carbocycles. The van der Waals surface area contributed by atoms with E-state index in [1.54, 1.807) is 35.7 Å². The lowest BCUT2D eigenvalue weighted by molar-refractivity contribution is -0.124. The van der Waals surface area contributed by atoms with E-state index in [9.17, 15) is 9.59 Å². The average Bonchev–Trinajstić information content (AvgIpc) is 2.31.